The molecule has 0 aliphatic carbocycles. The molecule has 4 nitrogen and oxygen atoms in total. The van der Waals surface area contributed by atoms with Gasteiger partial charge in [-0.2, -0.15) is 5.10 Å². The van der Waals surface area contributed by atoms with Crippen molar-refractivity contribution in [2.75, 3.05) is 6.61 Å². The van der Waals surface area contributed by atoms with Crippen LogP contribution >= 0.6 is 46.0 Å². The summed E-state index contributed by atoms with van der Waals surface area (Å²) in [5.74, 6) is 0. The second-order valence-electron chi connectivity index (χ2n) is 4.48. The second kappa shape index (κ2) is 6.64. The molecule has 0 aromatic carbocycles. The van der Waals surface area contributed by atoms with Crippen LogP contribution in [-0.4, -0.2) is 21.4 Å². The third-order valence-corrected chi connectivity index (χ3v) is 5.68. The second-order valence-corrected chi connectivity index (χ2v) is 7.00. The molecule has 0 bridgehead atoms. The molecule has 0 N–H and O–H groups in total. The fourth-order valence-corrected chi connectivity index (χ4v) is 3.81. The van der Waals surface area contributed by atoms with Crippen LogP contribution in [0.15, 0.2) is 34.4 Å². The fraction of sp³-hybridized carbons (Fsp3) is 0.385. The first kappa shape index (κ1) is 14.6. The minimum absolute atomic E-state index is 0.0724. The highest BCUT2D eigenvalue weighted by Crippen LogP contribution is 2.33. The Morgan fingerprint density at radius 2 is 2.25 bits per heavy atom. The number of nitrogens with zero attached hydrogens (tertiary/aromatic N) is 3. The quantitative estimate of drug-likeness (QED) is 0.689. The summed E-state index contributed by atoms with van der Waals surface area (Å²) >= 11 is 9.75. The smallest absolute Gasteiger partial charge is 0.151 e. The van der Waals surface area contributed by atoms with Gasteiger partial charge >= 0.3 is 0 Å². The van der Waals surface area contributed by atoms with E-state index in [1.165, 1.54) is 6.42 Å². The Bertz CT molecular complexity index is 584. The SMILES string of the molecule is Clc1ccc(Sc2cnn(C3CCCCO3)c2I)nc1. The summed E-state index contributed by atoms with van der Waals surface area (Å²) in [6.45, 7) is 0.821. The van der Waals surface area contributed by atoms with Gasteiger partial charge in [-0.3, -0.25) is 0 Å². The lowest BCUT2D eigenvalue weighted by Gasteiger charge is -2.23. The maximum absolute atomic E-state index is 5.85. The first-order valence-electron chi connectivity index (χ1n) is 6.38. The summed E-state index contributed by atoms with van der Waals surface area (Å²) in [4.78, 5) is 5.39. The molecule has 0 amide bonds. The van der Waals surface area contributed by atoms with E-state index in [4.69, 9.17) is 16.3 Å². The summed E-state index contributed by atoms with van der Waals surface area (Å²) in [7, 11) is 0. The van der Waals surface area contributed by atoms with Crippen LogP contribution in [0.5, 0.6) is 0 Å². The normalized spacial score (nSPS) is 19.2. The molecule has 3 rings (SSSR count). The molecular weight excluding hydrogens is 409 g/mol. The van der Waals surface area contributed by atoms with Gasteiger partial charge < -0.3 is 4.74 Å². The number of hydrogen-bond donors (Lipinski definition) is 0. The van der Waals surface area contributed by atoms with Gasteiger partial charge in [0, 0.05) is 12.8 Å². The maximum atomic E-state index is 5.85. The van der Waals surface area contributed by atoms with Gasteiger partial charge in [0.1, 0.15) is 8.73 Å². The Morgan fingerprint density at radius 1 is 1.35 bits per heavy atom. The molecule has 1 aliphatic rings. The Kier molecular flexibility index (Phi) is 4.85. The van der Waals surface area contributed by atoms with Gasteiger partial charge in [-0.1, -0.05) is 23.4 Å². The van der Waals surface area contributed by atoms with Crippen molar-refractivity contribution in [1.29, 1.82) is 0 Å². The van der Waals surface area contributed by atoms with Crippen LogP contribution in [0, 0.1) is 3.70 Å². The van der Waals surface area contributed by atoms with Crippen molar-refractivity contribution >= 4 is 46.0 Å². The zero-order valence-electron chi connectivity index (χ0n) is 10.6. The molecule has 0 radical (unpaired) electrons. The highest BCUT2D eigenvalue weighted by molar-refractivity contribution is 14.1. The molecule has 1 saturated heterocycles. The molecule has 1 fully saturated rings. The molecule has 20 heavy (non-hydrogen) atoms. The standard InChI is InChI=1S/C13H13ClIN3OS/c14-9-4-5-11(16-7-9)20-10-8-17-18(13(10)15)12-3-1-2-6-19-12/h4-5,7-8,12H,1-3,6H2. The average Bonchev–Trinajstić information content (AvgIpc) is 2.84. The molecule has 0 spiro atoms. The van der Waals surface area contributed by atoms with Gasteiger partial charge in [0.05, 0.1) is 16.1 Å². The third-order valence-electron chi connectivity index (χ3n) is 3.05. The summed E-state index contributed by atoms with van der Waals surface area (Å²) in [6.07, 6.45) is 6.97. The molecule has 0 saturated carbocycles. The summed E-state index contributed by atoms with van der Waals surface area (Å²) < 4.78 is 8.84. The van der Waals surface area contributed by atoms with E-state index < -0.39 is 0 Å². The summed E-state index contributed by atoms with van der Waals surface area (Å²) in [5.41, 5.74) is 0. The minimum atomic E-state index is 0.0724. The zero-order chi connectivity index (χ0) is 13.9. The average molecular weight is 422 g/mol. The van der Waals surface area contributed by atoms with E-state index in [1.807, 2.05) is 23.0 Å². The highest BCUT2D eigenvalue weighted by atomic mass is 127. The first-order chi connectivity index (χ1) is 9.74. The lowest BCUT2D eigenvalue weighted by atomic mass is 10.2. The van der Waals surface area contributed by atoms with E-state index in [0.717, 1.165) is 33.1 Å². The van der Waals surface area contributed by atoms with Crippen molar-refractivity contribution < 1.29 is 4.74 Å². The zero-order valence-corrected chi connectivity index (χ0v) is 14.4. The van der Waals surface area contributed by atoms with E-state index >= 15 is 0 Å². The van der Waals surface area contributed by atoms with Crippen LogP contribution in [0.3, 0.4) is 0 Å². The molecule has 1 atom stereocenters. The van der Waals surface area contributed by atoms with Crippen molar-refractivity contribution in [2.24, 2.45) is 0 Å². The van der Waals surface area contributed by atoms with Crippen LogP contribution in [-0.2, 0) is 4.74 Å². The third kappa shape index (κ3) is 3.29. The van der Waals surface area contributed by atoms with Crippen molar-refractivity contribution in [3.05, 3.63) is 33.2 Å². The maximum Gasteiger partial charge on any atom is 0.151 e. The van der Waals surface area contributed by atoms with Gasteiger partial charge in [0.25, 0.3) is 0 Å². The number of ether oxygens (including phenoxy) is 1. The Morgan fingerprint density at radius 3 is 2.95 bits per heavy atom. The predicted octanol–water partition coefficient (Wildman–Crippen LogP) is 4.39. The summed E-state index contributed by atoms with van der Waals surface area (Å²) in [5, 5.41) is 6.02. The van der Waals surface area contributed by atoms with Crippen molar-refractivity contribution in [1.82, 2.24) is 14.8 Å². The number of aromatic nitrogens is 3. The fourth-order valence-electron chi connectivity index (χ4n) is 2.05. The number of pyridine rings is 1. The lowest BCUT2D eigenvalue weighted by Crippen LogP contribution is -2.20. The van der Waals surface area contributed by atoms with Gasteiger partial charge in [0.15, 0.2) is 6.23 Å². The van der Waals surface area contributed by atoms with Crippen molar-refractivity contribution in [3.63, 3.8) is 0 Å². The van der Waals surface area contributed by atoms with Crippen LogP contribution in [0.1, 0.15) is 25.5 Å². The van der Waals surface area contributed by atoms with Crippen LogP contribution < -0.4 is 0 Å². The molecular formula is C13H13ClIN3OS. The van der Waals surface area contributed by atoms with E-state index in [9.17, 15) is 0 Å². The van der Waals surface area contributed by atoms with E-state index in [1.54, 1.807) is 18.0 Å². The van der Waals surface area contributed by atoms with Crippen molar-refractivity contribution in [2.45, 2.75) is 35.4 Å². The molecule has 2 aromatic heterocycles. The molecule has 2 aromatic rings. The highest BCUT2D eigenvalue weighted by Gasteiger charge is 2.20. The predicted molar refractivity (Wildman–Crippen MR) is 87.2 cm³/mol. The van der Waals surface area contributed by atoms with E-state index in [2.05, 4.69) is 32.7 Å². The summed E-state index contributed by atoms with van der Waals surface area (Å²) in [6, 6.07) is 3.76. The van der Waals surface area contributed by atoms with Crippen molar-refractivity contribution in [3.8, 4) is 0 Å². The van der Waals surface area contributed by atoms with Gasteiger partial charge in [-0.15, -0.1) is 0 Å². The van der Waals surface area contributed by atoms with Crippen LogP contribution in [0.2, 0.25) is 5.02 Å². The van der Waals surface area contributed by atoms with E-state index in [-0.39, 0.29) is 6.23 Å². The van der Waals surface area contributed by atoms with Crippen LogP contribution in [0.4, 0.5) is 0 Å². The lowest BCUT2D eigenvalue weighted by molar-refractivity contribution is -0.0412. The molecule has 7 heteroatoms. The van der Waals surface area contributed by atoms with Gasteiger partial charge in [0.2, 0.25) is 0 Å². The Hall–Kier alpha value is -0.310. The number of rotatable bonds is 3. The van der Waals surface area contributed by atoms with E-state index in [0.29, 0.717) is 5.02 Å². The monoisotopic (exact) mass is 421 g/mol. The Balaban J connectivity index is 1.77. The topological polar surface area (TPSA) is 39.9 Å². The molecule has 1 unspecified atom stereocenters. The number of halogens is 2. The molecule has 106 valence electrons. The molecule has 3 heterocycles. The van der Waals surface area contributed by atoms with Gasteiger partial charge in [-0.05, 0) is 54.0 Å². The molecule has 1 aliphatic heterocycles. The van der Waals surface area contributed by atoms with Crippen LogP contribution in [0.25, 0.3) is 0 Å². The largest absolute Gasteiger partial charge is 0.356 e. The Labute approximate surface area is 140 Å². The first-order valence-corrected chi connectivity index (χ1v) is 8.65. The number of hydrogen-bond acceptors (Lipinski definition) is 4. The minimum Gasteiger partial charge on any atom is -0.356 e. The van der Waals surface area contributed by atoms with Gasteiger partial charge in [-0.25, -0.2) is 9.67 Å².